The molecule has 0 spiro atoms. The Balaban J connectivity index is 1.88. The number of amides is 1. The van der Waals surface area contributed by atoms with Gasteiger partial charge in [0.15, 0.2) is 11.2 Å². The smallest absolute Gasteiger partial charge is 0.334 e. The molecule has 6 nitrogen and oxygen atoms in total. The van der Waals surface area contributed by atoms with E-state index >= 15 is 0 Å². The minimum atomic E-state index is -1.49. The van der Waals surface area contributed by atoms with Crippen LogP contribution in [0, 0.1) is 0 Å². The van der Waals surface area contributed by atoms with E-state index in [1.54, 1.807) is 43.3 Å². The van der Waals surface area contributed by atoms with Crippen molar-refractivity contribution in [1.29, 1.82) is 0 Å². The van der Waals surface area contributed by atoms with Gasteiger partial charge in [0.1, 0.15) is 5.76 Å². The first-order valence-electron chi connectivity index (χ1n) is 7.65. The molecule has 1 aromatic heterocycles. The summed E-state index contributed by atoms with van der Waals surface area (Å²) in [6.07, 6.45) is 2.29. The largest absolute Gasteiger partial charge is 0.479 e. The Bertz CT molecular complexity index is 721. The summed E-state index contributed by atoms with van der Waals surface area (Å²) in [6.45, 7) is 1.72. The van der Waals surface area contributed by atoms with Crippen LogP contribution in [0.1, 0.15) is 53.9 Å². The van der Waals surface area contributed by atoms with Gasteiger partial charge in [-0.2, -0.15) is 0 Å². The van der Waals surface area contributed by atoms with Crippen LogP contribution < -0.4 is 5.32 Å². The second-order valence-corrected chi connectivity index (χ2v) is 5.77. The normalized spacial score (nSPS) is 16.6. The quantitative estimate of drug-likeness (QED) is 0.855. The van der Waals surface area contributed by atoms with Crippen LogP contribution in [0.3, 0.4) is 0 Å². The molecule has 6 heteroatoms. The summed E-state index contributed by atoms with van der Waals surface area (Å²) in [5.74, 6) is -0.625. The second-order valence-electron chi connectivity index (χ2n) is 5.77. The lowest BCUT2D eigenvalue weighted by atomic mass is 9.87. The molecule has 2 N–H and O–H groups in total. The highest BCUT2D eigenvalue weighted by Crippen LogP contribution is 2.40. The van der Waals surface area contributed by atoms with Crippen LogP contribution in [-0.2, 0) is 10.3 Å². The summed E-state index contributed by atoms with van der Waals surface area (Å²) in [6, 6.07) is 10.3. The summed E-state index contributed by atoms with van der Waals surface area (Å²) < 4.78 is 5.17. The van der Waals surface area contributed by atoms with Gasteiger partial charge in [0.2, 0.25) is 0 Å². The van der Waals surface area contributed by atoms with E-state index in [1.165, 1.54) is 0 Å². The summed E-state index contributed by atoms with van der Waals surface area (Å²) in [4.78, 5) is 24.3. The highest BCUT2D eigenvalue weighted by Gasteiger charge is 2.41. The molecule has 1 atom stereocenters. The number of carbonyl (C=O) groups excluding carboxylic acids is 1. The summed E-state index contributed by atoms with van der Waals surface area (Å²) in [5, 5.41) is 16.1. The number of aliphatic carboxylic acids is 1. The first-order valence-corrected chi connectivity index (χ1v) is 7.65. The maximum absolute atomic E-state index is 12.5. The van der Waals surface area contributed by atoms with Crippen molar-refractivity contribution < 1.29 is 19.2 Å². The number of hydrogen-bond acceptors (Lipinski definition) is 4. The zero-order valence-corrected chi connectivity index (χ0v) is 12.8. The summed E-state index contributed by atoms with van der Waals surface area (Å²) in [5.41, 5.74) is -0.854. The Morgan fingerprint density at radius 2 is 2.04 bits per heavy atom. The van der Waals surface area contributed by atoms with E-state index in [0.717, 1.165) is 12.8 Å². The molecule has 120 valence electrons. The molecule has 0 aliphatic heterocycles. The van der Waals surface area contributed by atoms with E-state index in [0.29, 0.717) is 17.2 Å². The Morgan fingerprint density at radius 1 is 1.35 bits per heavy atom. The minimum absolute atomic E-state index is 0.113. The van der Waals surface area contributed by atoms with Gasteiger partial charge in [-0.3, -0.25) is 4.79 Å². The molecule has 1 unspecified atom stereocenters. The lowest BCUT2D eigenvalue weighted by molar-refractivity contribution is -0.145. The predicted octanol–water partition coefficient (Wildman–Crippen LogP) is 2.67. The number of rotatable bonds is 6. The summed E-state index contributed by atoms with van der Waals surface area (Å²) >= 11 is 0. The molecule has 2 aromatic rings. The van der Waals surface area contributed by atoms with E-state index in [4.69, 9.17) is 4.52 Å². The van der Waals surface area contributed by atoms with Crippen LogP contribution in [0.5, 0.6) is 0 Å². The lowest BCUT2D eigenvalue weighted by Crippen LogP contribution is -2.51. The molecule has 1 aliphatic rings. The number of benzene rings is 1. The summed E-state index contributed by atoms with van der Waals surface area (Å²) in [7, 11) is 0. The maximum Gasteiger partial charge on any atom is 0.334 e. The molecule has 1 fully saturated rings. The molecular weight excluding hydrogens is 296 g/mol. The molecule has 1 aliphatic carbocycles. The molecule has 23 heavy (non-hydrogen) atoms. The van der Waals surface area contributed by atoms with Crippen molar-refractivity contribution in [2.24, 2.45) is 0 Å². The zero-order chi connectivity index (χ0) is 16.4. The number of carboxylic acid groups (broad SMARTS) is 1. The van der Waals surface area contributed by atoms with Gasteiger partial charge in [-0.1, -0.05) is 42.4 Å². The third-order valence-corrected chi connectivity index (χ3v) is 4.23. The van der Waals surface area contributed by atoms with E-state index in [9.17, 15) is 14.7 Å². The van der Waals surface area contributed by atoms with Crippen LogP contribution in [0.15, 0.2) is 40.9 Å². The van der Waals surface area contributed by atoms with Gasteiger partial charge in [0, 0.05) is 12.0 Å². The number of aromatic nitrogens is 1. The number of carbonyl (C=O) groups is 2. The molecule has 1 saturated carbocycles. The van der Waals surface area contributed by atoms with Gasteiger partial charge < -0.3 is 14.9 Å². The molecule has 1 heterocycles. The second kappa shape index (κ2) is 5.87. The van der Waals surface area contributed by atoms with Gasteiger partial charge in [-0.05, 0) is 24.8 Å². The third kappa shape index (κ3) is 2.84. The van der Waals surface area contributed by atoms with Crippen molar-refractivity contribution in [1.82, 2.24) is 10.5 Å². The Kier molecular flexibility index (Phi) is 3.90. The lowest BCUT2D eigenvalue weighted by Gasteiger charge is -2.29. The fraction of sp³-hybridized carbons (Fsp3) is 0.353. The van der Waals surface area contributed by atoms with Crippen LogP contribution in [0.4, 0.5) is 0 Å². The van der Waals surface area contributed by atoms with E-state index < -0.39 is 17.4 Å². The molecule has 0 radical (unpaired) electrons. The number of hydrogen-bond donors (Lipinski definition) is 2. The van der Waals surface area contributed by atoms with Crippen molar-refractivity contribution in [3.8, 4) is 0 Å². The van der Waals surface area contributed by atoms with E-state index in [2.05, 4.69) is 10.5 Å². The van der Waals surface area contributed by atoms with Crippen molar-refractivity contribution in [3.05, 3.63) is 53.4 Å². The predicted molar refractivity (Wildman–Crippen MR) is 82.0 cm³/mol. The van der Waals surface area contributed by atoms with Crippen molar-refractivity contribution in [3.63, 3.8) is 0 Å². The molecule has 0 bridgehead atoms. The van der Waals surface area contributed by atoms with Gasteiger partial charge >= 0.3 is 5.97 Å². The topological polar surface area (TPSA) is 92.4 Å². The standard InChI is InChI=1S/C17H18N2O4/c1-2-17(16(21)22,12-6-4-3-5-7-12)18-15(20)13-10-14(23-19-13)11-8-9-11/h3-7,10-11H,2,8-9H2,1H3,(H,18,20)(H,21,22). The SMILES string of the molecule is CCC(NC(=O)c1cc(C2CC2)on1)(C(=O)O)c1ccccc1. The number of nitrogens with zero attached hydrogens (tertiary/aromatic N) is 1. The van der Waals surface area contributed by atoms with Crippen LogP contribution >= 0.6 is 0 Å². The molecule has 3 rings (SSSR count). The van der Waals surface area contributed by atoms with Gasteiger partial charge in [-0.25, -0.2) is 4.79 Å². The first kappa shape index (κ1) is 15.3. The van der Waals surface area contributed by atoms with Gasteiger partial charge in [0.05, 0.1) is 0 Å². The van der Waals surface area contributed by atoms with Crippen molar-refractivity contribution in [2.45, 2.75) is 37.6 Å². The Morgan fingerprint density at radius 3 is 2.61 bits per heavy atom. The van der Waals surface area contributed by atoms with Crippen LogP contribution in [0.25, 0.3) is 0 Å². The number of carboxylic acids is 1. The maximum atomic E-state index is 12.5. The number of nitrogens with one attached hydrogen (secondary N) is 1. The fourth-order valence-corrected chi connectivity index (χ4v) is 2.63. The van der Waals surface area contributed by atoms with Gasteiger partial charge in [-0.15, -0.1) is 0 Å². The fourth-order valence-electron chi connectivity index (χ4n) is 2.63. The minimum Gasteiger partial charge on any atom is -0.479 e. The molecule has 0 saturated heterocycles. The monoisotopic (exact) mass is 314 g/mol. The molecular formula is C17H18N2O4. The molecule has 1 amide bonds. The van der Waals surface area contributed by atoms with E-state index in [1.807, 2.05) is 0 Å². The van der Waals surface area contributed by atoms with Crippen molar-refractivity contribution in [2.75, 3.05) is 0 Å². The Labute approximate surface area is 133 Å². The average molecular weight is 314 g/mol. The highest BCUT2D eigenvalue weighted by molar-refractivity contribution is 5.96. The van der Waals surface area contributed by atoms with Crippen molar-refractivity contribution >= 4 is 11.9 Å². The molecule has 1 aromatic carbocycles. The highest BCUT2D eigenvalue weighted by atomic mass is 16.5. The first-order chi connectivity index (χ1) is 11.1. The van der Waals surface area contributed by atoms with Crippen LogP contribution in [-0.4, -0.2) is 22.1 Å². The van der Waals surface area contributed by atoms with Crippen LogP contribution in [0.2, 0.25) is 0 Å². The average Bonchev–Trinajstić information content (AvgIpc) is 3.30. The van der Waals surface area contributed by atoms with Gasteiger partial charge in [0.25, 0.3) is 5.91 Å². The van der Waals surface area contributed by atoms with E-state index in [-0.39, 0.29) is 12.1 Å². The Hall–Kier alpha value is -2.63. The third-order valence-electron chi connectivity index (χ3n) is 4.23. The zero-order valence-electron chi connectivity index (χ0n) is 12.8.